The third kappa shape index (κ3) is 12.6. The molecule has 1 heterocycles. The van der Waals surface area contributed by atoms with Gasteiger partial charge in [0.15, 0.2) is 0 Å². The third-order valence-electron chi connectivity index (χ3n) is 5.79. The molecule has 1 aliphatic rings. The van der Waals surface area contributed by atoms with Crippen LogP contribution in [0.15, 0.2) is 66.7 Å². The minimum absolute atomic E-state index is 0.0809. The van der Waals surface area contributed by atoms with Crippen LogP contribution in [-0.2, 0) is 20.2 Å². The van der Waals surface area contributed by atoms with Crippen molar-refractivity contribution >= 4 is 43.3 Å². The summed E-state index contributed by atoms with van der Waals surface area (Å²) in [5, 5.41) is 23.3. The summed E-state index contributed by atoms with van der Waals surface area (Å²) in [5.41, 5.74) is 3.99. The first-order valence-corrected chi connectivity index (χ1v) is 16.1. The van der Waals surface area contributed by atoms with Gasteiger partial charge in [-0.15, -0.1) is 0 Å². The summed E-state index contributed by atoms with van der Waals surface area (Å²) in [6, 6.07) is 20.4. The number of hydrogen-bond donors (Lipinski definition) is 5. The lowest BCUT2D eigenvalue weighted by atomic mass is 10.0. The quantitative estimate of drug-likeness (QED) is 0.202. The SMILES string of the molecule is CCN1CCN(c2ccc(O)c(Nc3cc(-c4ccccc4)ccc3C(=O)O)c2)CC1.CS(=O)(=O)O.CS(=O)(=O)O. The van der Waals surface area contributed by atoms with Gasteiger partial charge in [0.05, 0.1) is 29.4 Å². The number of phenolic OH excluding ortho intramolecular Hbond substituents is 1. The van der Waals surface area contributed by atoms with Crippen molar-refractivity contribution in [2.75, 3.05) is 55.5 Å². The molecule has 4 rings (SSSR count). The largest absolute Gasteiger partial charge is 0.506 e. The highest BCUT2D eigenvalue weighted by Crippen LogP contribution is 2.34. The van der Waals surface area contributed by atoms with Crippen molar-refractivity contribution in [2.45, 2.75) is 6.92 Å². The van der Waals surface area contributed by atoms with Gasteiger partial charge in [-0.05, 0) is 48.0 Å². The standard InChI is InChI=1S/C25H27N3O3.2CH4O3S/c1-2-27-12-14-28(15-13-27)20-9-11-24(29)23(17-20)26-22-16-19(8-10-21(22)25(30)31)18-6-4-3-5-7-18;2*1-5(2,3)4/h3-11,16-17,26,29H,2,12-15H2,1H3,(H,30,31);2*1H3,(H,2,3,4). The molecule has 0 saturated carbocycles. The van der Waals surface area contributed by atoms with Gasteiger partial charge in [-0.2, -0.15) is 16.8 Å². The third-order valence-corrected chi connectivity index (χ3v) is 5.79. The minimum atomic E-state index is -3.67. The van der Waals surface area contributed by atoms with E-state index in [1.807, 2.05) is 48.5 Å². The first-order valence-electron chi connectivity index (χ1n) is 12.4. The van der Waals surface area contributed by atoms with Crippen LogP contribution in [0.25, 0.3) is 11.1 Å². The van der Waals surface area contributed by atoms with E-state index in [0.29, 0.717) is 23.9 Å². The number of aromatic carboxylic acids is 1. The monoisotopic (exact) mass is 609 g/mol. The van der Waals surface area contributed by atoms with Gasteiger partial charge in [-0.1, -0.05) is 43.3 Å². The van der Waals surface area contributed by atoms with E-state index in [2.05, 4.69) is 22.0 Å². The van der Waals surface area contributed by atoms with Crippen molar-refractivity contribution in [2.24, 2.45) is 0 Å². The number of aromatic hydroxyl groups is 1. The number of piperazine rings is 1. The molecule has 12 nitrogen and oxygen atoms in total. The molecular weight excluding hydrogens is 574 g/mol. The fraction of sp³-hybridized carbons (Fsp3) is 0.296. The maximum Gasteiger partial charge on any atom is 0.337 e. The number of anilines is 3. The maximum absolute atomic E-state index is 11.8. The fourth-order valence-corrected chi connectivity index (χ4v) is 3.93. The molecule has 0 bridgehead atoms. The Morgan fingerprint density at radius 1 is 0.805 bits per heavy atom. The van der Waals surface area contributed by atoms with E-state index < -0.39 is 26.2 Å². The zero-order valence-electron chi connectivity index (χ0n) is 22.9. The highest BCUT2D eigenvalue weighted by Gasteiger charge is 2.18. The lowest BCUT2D eigenvalue weighted by Crippen LogP contribution is -2.46. The van der Waals surface area contributed by atoms with Crippen LogP contribution in [0.3, 0.4) is 0 Å². The average Bonchev–Trinajstić information content (AvgIpc) is 2.88. The van der Waals surface area contributed by atoms with E-state index in [-0.39, 0.29) is 11.3 Å². The number of rotatable bonds is 6. The predicted octanol–water partition coefficient (Wildman–Crippen LogP) is 3.65. The number of phenols is 1. The fourth-order valence-electron chi connectivity index (χ4n) is 3.93. The van der Waals surface area contributed by atoms with E-state index in [1.165, 1.54) is 0 Å². The topological polar surface area (TPSA) is 185 Å². The molecule has 0 aliphatic carbocycles. The van der Waals surface area contributed by atoms with Crippen LogP contribution in [0.2, 0.25) is 0 Å². The van der Waals surface area contributed by atoms with Crippen molar-refractivity contribution < 1.29 is 40.9 Å². The van der Waals surface area contributed by atoms with E-state index in [1.54, 1.807) is 18.2 Å². The van der Waals surface area contributed by atoms with Crippen LogP contribution in [0.4, 0.5) is 17.1 Å². The average molecular weight is 610 g/mol. The van der Waals surface area contributed by atoms with Crippen LogP contribution in [0.5, 0.6) is 5.75 Å². The van der Waals surface area contributed by atoms with Crippen molar-refractivity contribution in [3.8, 4) is 16.9 Å². The molecule has 14 heteroatoms. The summed E-state index contributed by atoms with van der Waals surface area (Å²) in [7, 11) is -7.33. The molecule has 5 N–H and O–H groups in total. The van der Waals surface area contributed by atoms with E-state index in [9.17, 15) is 31.8 Å². The Morgan fingerprint density at radius 3 is 1.88 bits per heavy atom. The lowest BCUT2D eigenvalue weighted by Gasteiger charge is -2.35. The zero-order chi connectivity index (χ0) is 30.8. The molecule has 224 valence electrons. The molecule has 1 fully saturated rings. The number of hydrogen-bond acceptors (Lipinski definition) is 9. The smallest absolute Gasteiger partial charge is 0.337 e. The number of carboxylic acids is 1. The predicted molar refractivity (Wildman–Crippen MR) is 159 cm³/mol. The highest BCUT2D eigenvalue weighted by atomic mass is 32.2. The molecule has 0 unspecified atom stereocenters. The summed E-state index contributed by atoms with van der Waals surface area (Å²) in [6.45, 7) is 7.06. The molecule has 0 radical (unpaired) electrons. The van der Waals surface area contributed by atoms with Gasteiger partial charge >= 0.3 is 5.97 Å². The number of nitrogens with one attached hydrogen (secondary N) is 1. The van der Waals surface area contributed by atoms with Crippen molar-refractivity contribution in [3.05, 3.63) is 72.3 Å². The Hall–Kier alpha value is -3.69. The number of carbonyl (C=O) groups is 1. The second-order valence-electron chi connectivity index (χ2n) is 9.15. The van der Waals surface area contributed by atoms with Gasteiger partial charge in [0.1, 0.15) is 5.75 Å². The van der Waals surface area contributed by atoms with Crippen molar-refractivity contribution in [1.29, 1.82) is 0 Å². The Labute approximate surface area is 240 Å². The summed E-state index contributed by atoms with van der Waals surface area (Å²) < 4.78 is 51.7. The van der Waals surface area contributed by atoms with Crippen molar-refractivity contribution in [3.63, 3.8) is 0 Å². The zero-order valence-corrected chi connectivity index (χ0v) is 24.6. The number of likely N-dealkylation sites (N-methyl/N-ethyl adjacent to an activating group) is 1. The van der Waals surface area contributed by atoms with Crippen LogP contribution in [-0.4, -0.2) is 92.3 Å². The van der Waals surface area contributed by atoms with E-state index >= 15 is 0 Å². The maximum atomic E-state index is 11.8. The Morgan fingerprint density at radius 2 is 1.37 bits per heavy atom. The summed E-state index contributed by atoms with van der Waals surface area (Å²) in [6.07, 6.45) is 1.43. The molecule has 0 amide bonds. The number of carboxylic acid groups (broad SMARTS) is 1. The molecule has 3 aromatic rings. The second kappa shape index (κ2) is 14.8. The highest BCUT2D eigenvalue weighted by molar-refractivity contribution is 7.85. The summed E-state index contributed by atoms with van der Waals surface area (Å²) in [5.74, 6) is -0.939. The summed E-state index contributed by atoms with van der Waals surface area (Å²) in [4.78, 5) is 16.5. The minimum Gasteiger partial charge on any atom is -0.506 e. The second-order valence-corrected chi connectivity index (χ2v) is 12.1. The van der Waals surface area contributed by atoms with Gasteiger partial charge < -0.3 is 25.3 Å². The van der Waals surface area contributed by atoms with E-state index in [4.69, 9.17) is 9.11 Å². The van der Waals surface area contributed by atoms with Gasteiger partial charge in [0.25, 0.3) is 20.2 Å². The van der Waals surface area contributed by atoms with Crippen LogP contribution < -0.4 is 10.2 Å². The Balaban J connectivity index is 0.000000507. The number of nitrogens with zero attached hydrogens (tertiary/aromatic N) is 2. The molecule has 41 heavy (non-hydrogen) atoms. The van der Waals surface area contributed by atoms with Gasteiger partial charge in [-0.25, -0.2) is 4.79 Å². The molecule has 1 aliphatic heterocycles. The van der Waals surface area contributed by atoms with Gasteiger partial charge in [0, 0.05) is 31.9 Å². The molecule has 3 aromatic carbocycles. The van der Waals surface area contributed by atoms with Crippen molar-refractivity contribution in [1.82, 2.24) is 4.90 Å². The number of benzene rings is 3. The molecule has 0 aromatic heterocycles. The normalized spacial score (nSPS) is 13.7. The van der Waals surface area contributed by atoms with E-state index in [0.717, 1.165) is 49.5 Å². The van der Waals surface area contributed by atoms with Gasteiger partial charge in [-0.3, -0.25) is 9.11 Å². The Bertz CT molecular complexity index is 1480. The first kappa shape index (κ1) is 33.5. The van der Waals surface area contributed by atoms with Crippen LogP contribution >= 0.6 is 0 Å². The van der Waals surface area contributed by atoms with Crippen LogP contribution in [0, 0.1) is 0 Å². The molecule has 1 saturated heterocycles. The lowest BCUT2D eigenvalue weighted by molar-refractivity contribution is 0.0698. The van der Waals surface area contributed by atoms with Gasteiger partial charge in [0.2, 0.25) is 0 Å². The summed E-state index contributed by atoms with van der Waals surface area (Å²) >= 11 is 0. The molecule has 0 spiro atoms. The molecule has 0 atom stereocenters. The first-order chi connectivity index (χ1) is 19.0. The van der Waals surface area contributed by atoms with Crippen LogP contribution in [0.1, 0.15) is 17.3 Å². The molecular formula is C27H35N3O9S2. The Kier molecular flexibility index (Phi) is 12.1.